The molecular formula is C11H18N4. The van der Waals surface area contributed by atoms with Gasteiger partial charge in [-0.05, 0) is 27.3 Å². The number of nitrogens with zero attached hydrogens (tertiary/aromatic N) is 3. The summed E-state index contributed by atoms with van der Waals surface area (Å²) >= 11 is 0. The Balaban J connectivity index is 2.16. The summed E-state index contributed by atoms with van der Waals surface area (Å²) in [6, 6.07) is 2.66. The van der Waals surface area contributed by atoms with Crippen LogP contribution >= 0.6 is 0 Å². The molecule has 1 atom stereocenters. The fourth-order valence-electron chi connectivity index (χ4n) is 2.06. The highest BCUT2D eigenvalue weighted by Crippen LogP contribution is 2.18. The molecule has 4 nitrogen and oxygen atoms in total. The predicted molar refractivity (Wildman–Crippen MR) is 61.2 cm³/mol. The molecule has 1 fully saturated rings. The quantitative estimate of drug-likeness (QED) is 0.780. The van der Waals surface area contributed by atoms with Crippen LogP contribution in [-0.2, 0) is 0 Å². The van der Waals surface area contributed by atoms with Gasteiger partial charge in [0, 0.05) is 30.9 Å². The average Bonchev–Trinajstić information content (AvgIpc) is 2.64. The van der Waals surface area contributed by atoms with Crippen LogP contribution in [0.2, 0.25) is 0 Å². The Hall–Kier alpha value is -1.16. The molecule has 2 heterocycles. The Labute approximate surface area is 90.7 Å². The monoisotopic (exact) mass is 206 g/mol. The molecule has 1 unspecified atom stereocenters. The van der Waals surface area contributed by atoms with Gasteiger partial charge < -0.3 is 10.2 Å². The van der Waals surface area contributed by atoms with E-state index in [-0.39, 0.29) is 0 Å². The van der Waals surface area contributed by atoms with Gasteiger partial charge >= 0.3 is 0 Å². The first kappa shape index (κ1) is 10.4. The zero-order valence-electron chi connectivity index (χ0n) is 9.62. The number of rotatable bonds is 2. The molecule has 0 amide bonds. The Morgan fingerprint density at radius 2 is 2.20 bits per heavy atom. The van der Waals surface area contributed by atoms with Gasteiger partial charge in [-0.1, -0.05) is 0 Å². The molecule has 1 aliphatic rings. The van der Waals surface area contributed by atoms with Crippen LogP contribution < -0.4 is 10.2 Å². The van der Waals surface area contributed by atoms with Crippen molar-refractivity contribution in [2.75, 3.05) is 25.0 Å². The maximum atomic E-state index is 4.47. The highest BCUT2D eigenvalue weighted by atomic mass is 15.2. The first-order valence-corrected chi connectivity index (χ1v) is 5.43. The molecule has 0 radical (unpaired) electrons. The lowest BCUT2D eigenvalue weighted by Gasteiger charge is -2.18. The molecule has 0 aliphatic carbocycles. The fraction of sp³-hybridized carbons (Fsp3) is 0.636. The van der Waals surface area contributed by atoms with E-state index in [4.69, 9.17) is 0 Å². The number of hydrogen-bond acceptors (Lipinski definition) is 4. The minimum Gasteiger partial charge on any atom is -0.355 e. The Morgan fingerprint density at radius 3 is 2.80 bits per heavy atom. The third-order valence-corrected chi connectivity index (χ3v) is 2.87. The van der Waals surface area contributed by atoms with Crippen molar-refractivity contribution in [1.29, 1.82) is 0 Å². The molecular weight excluding hydrogens is 188 g/mol. The Bertz CT molecular complexity index is 330. The van der Waals surface area contributed by atoms with Crippen molar-refractivity contribution in [3.8, 4) is 0 Å². The van der Waals surface area contributed by atoms with Gasteiger partial charge in [-0.2, -0.15) is 0 Å². The second kappa shape index (κ2) is 4.14. The van der Waals surface area contributed by atoms with Crippen LogP contribution in [0.25, 0.3) is 0 Å². The van der Waals surface area contributed by atoms with E-state index in [0.717, 1.165) is 30.4 Å². The molecule has 0 saturated carbocycles. The number of nitrogens with one attached hydrogen (secondary N) is 1. The first-order chi connectivity index (χ1) is 7.19. The van der Waals surface area contributed by atoms with E-state index >= 15 is 0 Å². The normalized spacial score (nSPS) is 21.0. The number of hydrogen-bond donors (Lipinski definition) is 1. The second-order valence-electron chi connectivity index (χ2n) is 4.14. The lowest BCUT2D eigenvalue weighted by Crippen LogP contribution is -2.30. The van der Waals surface area contributed by atoms with Crippen molar-refractivity contribution in [3.05, 3.63) is 17.6 Å². The van der Waals surface area contributed by atoms with Crippen molar-refractivity contribution >= 4 is 5.82 Å². The molecule has 1 aromatic rings. The maximum Gasteiger partial charge on any atom is 0.132 e. The van der Waals surface area contributed by atoms with E-state index in [1.807, 2.05) is 20.9 Å². The van der Waals surface area contributed by atoms with Crippen LogP contribution in [-0.4, -0.2) is 36.1 Å². The van der Waals surface area contributed by atoms with E-state index < -0.39 is 0 Å². The molecule has 2 rings (SSSR count). The molecule has 0 bridgehead atoms. The van der Waals surface area contributed by atoms with Gasteiger partial charge in [0.1, 0.15) is 11.6 Å². The number of anilines is 1. The third kappa shape index (κ3) is 2.26. The lowest BCUT2D eigenvalue weighted by atomic mass is 10.3. The standard InChI is InChI=1S/C11H18N4/c1-8-6-11(14-9(2)13-8)15-5-4-10(7-15)12-3/h6,10,12H,4-5,7H2,1-3H3. The molecule has 1 aliphatic heterocycles. The second-order valence-corrected chi connectivity index (χ2v) is 4.14. The molecule has 0 spiro atoms. The summed E-state index contributed by atoms with van der Waals surface area (Å²) < 4.78 is 0. The minimum absolute atomic E-state index is 0.598. The summed E-state index contributed by atoms with van der Waals surface area (Å²) in [5.41, 5.74) is 1.05. The van der Waals surface area contributed by atoms with Crippen LogP contribution in [0.4, 0.5) is 5.82 Å². The van der Waals surface area contributed by atoms with Crippen molar-refractivity contribution in [2.24, 2.45) is 0 Å². The fourth-order valence-corrected chi connectivity index (χ4v) is 2.06. The van der Waals surface area contributed by atoms with Crippen LogP contribution in [0.3, 0.4) is 0 Å². The Kier molecular flexibility index (Phi) is 2.86. The number of likely N-dealkylation sites (N-methyl/N-ethyl adjacent to an activating group) is 1. The maximum absolute atomic E-state index is 4.47. The van der Waals surface area contributed by atoms with E-state index in [9.17, 15) is 0 Å². The predicted octanol–water partition coefficient (Wildman–Crippen LogP) is 0.892. The summed E-state index contributed by atoms with van der Waals surface area (Å²) in [6.07, 6.45) is 1.19. The van der Waals surface area contributed by atoms with E-state index in [1.165, 1.54) is 6.42 Å². The smallest absolute Gasteiger partial charge is 0.132 e. The summed E-state index contributed by atoms with van der Waals surface area (Å²) in [4.78, 5) is 11.1. The van der Waals surface area contributed by atoms with Gasteiger partial charge in [0.25, 0.3) is 0 Å². The molecule has 82 valence electrons. The minimum atomic E-state index is 0.598. The van der Waals surface area contributed by atoms with Crippen molar-refractivity contribution in [3.63, 3.8) is 0 Å². The Morgan fingerprint density at radius 1 is 1.40 bits per heavy atom. The SMILES string of the molecule is CNC1CCN(c2cc(C)nc(C)n2)C1. The van der Waals surface area contributed by atoms with Gasteiger partial charge in [-0.15, -0.1) is 0 Å². The average molecular weight is 206 g/mol. The van der Waals surface area contributed by atoms with Crippen molar-refractivity contribution in [2.45, 2.75) is 26.3 Å². The van der Waals surface area contributed by atoms with Crippen LogP contribution in [0.1, 0.15) is 17.9 Å². The molecule has 1 N–H and O–H groups in total. The molecule has 1 saturated heterocycles. The largest absolute Gasteiger partial charge is 0.355 e. The van der Waals surface area contributed by atoms with Crippen LogP contribution in [0, 0.1) is 13.8 Å². The lowest BCUT2D eigenvalue weighted by molar-refractivity contribution is 0.616. The summed E-state index contributed by atoms with van der Waals surface area (Å²) in [7, 11) is 2.02. The van der Waals surface area contributed by atoms with Gasteiger partial charge in [-0.25, -0.2) is 9.97 Å². The third-order valence-electron chi connectivity index (χ3n) is 2.87. The summed E-state index contributed by atoms with van der Waals surface area (Å²) in [5.74, 6) is 1.93. The highest BCUT2D eigenvalue weighted by molar-refractivity contribution is 5.41. The van der Waals surface area contributed by atoms with Crippen molar-refractivity contribution < 1.29 is 0 Å². The molecule has 4 heteroatoms. The first-order valence-electron chi connectivity index (χ1n) is 5.43. The summed E-state index contributed by atoms with van der Waals surface area (Å²) in [5, 5.41) is 3.31. The van der Waals surface area contributed by atoms with Crippen LogP contribution in [0.5, 0.6) is 0 Å². The highest BCUT2D eigenvalue weighted by Gasteiger charge is 2.22. The van der Waals surface area contributed by atoms with E-state index in [0.29, 0.717) is 6.04 Å². The van der Waals surface area contributed by atoms with Gasteiger partial charge in [0.15, 0.2) is 0 Å². The molecule has 15 heavy (non-hydrogen) atoms. The van der Waals surface area contributed by atoms with Gasteiger partial charge in [0.05, 0.1) is 0 Å². The molecule has 0 aromatic carbocycles. The number of aryl methyl sites for hydroxylation is 2. The van der Waals surface area contributed by atoms with Gasteiger partial charge in [0.2, 0.25) is 0 Å². The van der Waals surface area contributed by atoms with Crippen molar-refractivity contribution in [1.82, 2.24) is 15.3 Å². The molecule has 1 aromatic heterocycles. The summed E-state index contributed by atoms with van der Waals surface area (Å²) in [6.45, 7) is 6.10. The van der Waals surface area contributed by atoms with E-state index in [1.54, 1.807) is 0 Å². The zero-order valence-corrected chi connectivity index (χ0v) is 9.62. The van der Waals surface area contributed by atoms with Gasteiger partial charge in [-0.3, -0.25) is 0 Å². The van der Waals surface area contributed by atoms with E-state index in [2.05, 4.69) is 26.3 Å². The number of aromatic nitrogens is 2. The van der Waals surface area contributed by atoms with Crippen LogP contribution in [0.15, 0.2) is 6.07 Å². The zero-order chi connectivity index (χ0) is 10.8. The topological polar surface area (TPSA) is 41.0 Å².